The molecule has 0 radical (unpaired) electrons. The highest BCUT2D eigenvalue weighted by Gasteiger charge is 2.24. The number of nitrogens with zero attached hydrogens (tertiary/aromatic N) is 2. The molecule has 19 heavy (non-hydrogen) atoms. The average molecular weight is 265 g/mol. The molecule has 104 valence electrons. The van der Waals surface area contributed by atoms with E-state index in [-0.39, 0.29) is 17.8 Å². The molecule has 1 aromatic rings. The van der Waals surface area contributed by atoms with Crippen LogP contribution in [0.25, 0.3) is 0 Å². The number of amides is 1. The lowest BCUT2D eigenvalue weighted by molar-refractivity contribution is -0.129. The van der Waals surface area contributed by atoms with Crippen molar-refractivity contribution in [1.82, 2.24) is 4.90 Å². The van der Waals surface area contributed by atoms with E-state index in [9.17, 15) is 9.18 Å². The Morgan fingerprint density at radius 3 is 2.63 bits per heavy atom. The van der Waals surface area contributed by atoms with Crippen LogP contribution in [0.2, 0.25) is 0 Å². The summed E-state index contributed by atoms with van der Waals surface area (Å²) >= 11 is 0. The van der Waals surface area contributed by atoms with Crippen molar-refractivity contribution in [3.63, 3.8) is 0 Å². The van der Waals surface area contributed by atoms with Gasteiger partial charge in [-0.15, -0.1) is 0 Å². The summed E-state index contributed by atoms with van der Waals surface area (Å²) in [5.41, 5.74) is 8.11. The quantitative estimate of drug-likeness (QED) is 0.880. The molecule has 1 heterocycles. The van der Waals surface area contributed by atoms with Crippen LogP contribution in [0.1, 0.15) is 24.1 Å². The first-order valence-electron chi connectivity index (χ1n) is 6.44. The van der Waals surface area contributed by atoms with Crippen LogP contribution in [-0.2, 0) is 4.79 Å². The zero-order valence-corrected chi connectivity index (χ0v) is 11.6. The Kier molecular flexibility index (Phi) is 3.75. The fraction of sp³-hybridized carbons (Fsp3) is 0.500. The van der Waals surface area contributed by atoms with Crippen molar-refractivity contribution in [1.29, 1.82) is 0 Å². The molecule has 1 amide bonds. The van der Waals surface area contributed by atoms with E-state index in [2.05, 4.69) is 0 Å². The summed E-state index contributed by atoms with van der Waals surface area (Å²) in [5, 5.41) is 0. The number of hydrogen-bond donors (Lipinski definition) is 1. The first-order chi connectivity index (χ1) is 8.90. The van der Waals surface area contributed by atoms with Crippen LogP contribution >= 0.6 is 0 Å². The van der Waals surface area contributed by atoms with Crippen molar-refractivity contribution < 1.29 is 9.18 Å². The van der Waals surface area contributed by atoms with Crippen LogP contribution in [0.4, 0.5) is 10.1 Å². The maximum Gasteiger partial charge on any atom is 0.241 e. The van der Waals surface area contributed by atoms with Crippen molar-refractivity contribution >= 4 is 11.6 Å². The van der Waals surface area contributed by atoms with Crippen LogP contribution in [0, 0.1) is 12.7 Å². The molecule has 1 aromatic carbocycles. The number of halogens is 1. The highest BCUT2D eigenvalue weighted by Crippen LogP contribution is 2.29. The molecule has 2 N–H and O–H groups in total. The summed E-state index contributed by atoms with van der Waals surface area (Å²) in [6.45, 7) is 5.29. The van der Waals surface area contributed by atoms with Crippen LogP contribution in [0.15, 0.2) is 12.1 Å². The average Bonchev–Trinajstić information content (AvgIpc) is 2.35. The smallest absolute Gasteiger partial charge is 0.241 e. The minimum absolute atomic E-state index is 0.0730. The Morgan fingerprint density at radius 2 is 2.05 bits per heavy atom. The van der Waals surface area contributed by atoms with Gasteiger partial charge in [0.25, 0.3) is 0 Å². The van der Waals surface area contributed by atoms with Crippen molar-refractivity contribution in [2.24, 2.45) is 5.73 Å². The number of aryl methyl sites for hydroxylation is 1. The largest absolute Gasteiger partial charge is 0.360 e. The summed E-state index contributed by atoms with van der Waals surface area (Å²) in [5.74, 6) is -0.180. The Labute approximate surface area is 113 Å². The Balaban J connectivity index is 2.38. The standard InChI is InChI=1S/C14H20FN3O/c1-9-6-13(11(10(2)16)7-12(9)15)18-5-4-17(3)14(19)8-18/h6-7,10H,4-5,8,16H2,1-3H3/t10-/m1/s1. The van der Waals surface area contributed by atoms with Crippen LogP contribution in [0.5, 0.6) is 0 Å². The van der Waals surface area contributed by atoms with Crippen molar-refractivity contribution in [2.45, 2.75) is 19.9 Å². The van der Waals surface area contributed by atoms with Crippen molar-refractivity contribution in [3.8, 4) is 0 Å². The Hall–Kier alpha value is -1.62. The summed E-state index contributed by atoms with van der Waals surface area (Å²) in [6.07, 6.45) is 0. The molecule has 2 rings (SSSR count). The lowest BCUT2D eigenvalue weighted by atomic mass is 10.0. The summed E-state index contributed by atoms with van der Waals surface area (Å²) in [6, 6.07) is 3.00. The molecule has 0 unspecified atom stereocenters. The zero-order valence-electron chi connectivity index (χ0n) is 11.6. The summed E-state index contributed by atoms with van der Waals surface area (Å²) in [7, 11) is 1.79. The highest BCUT2D eigenvalue weighted by atomic mass is 19.1. The van der Waals surface area contributed by atoms with Gasteiger partial charge in [0.2, 0.25) is 5.91 Å². The maximum absolute atomic E-state index is 13.7. The maximum atomic E-state index is 13.7. The minimum atomic E-state index is -0.264. The molecule has 0 saturated carbocycles. The number of nitrogens with two attached hydrogens (primary N) is 1. The van der Waals surface area contributed by atoms with E-state index < -0.39 is 0 Å². The number of carbonyl (C=O) groups excluding carboxylic acids is 1. The topological polar surface area (TPSA) is 49.6 Å². The van der Waals surface area contributed by atoms with Crippen molar-refractivity contribution in [3.05, 3.63) is 29.1 Å². The normalized spacial score (nSPS) is 17.8. The second kappa shape index (κ2) is 5.17. The molecular weight excluding hydrogens is 245 g/mol. The number of hydrogen-bond acceptors (Lipinski definition) is 3. The number of carbonyl (C=O) groups is 1. The molecule has 1 aliphatic heterocycles. The van der Waals surface area contributed by atoms with E-state index in [1.165, 1.54) is 6.07 Å². The molecular formula is C14H20FN3O. The molecule has 1 atom stereocenters. The molecule has 0 spiro atoms. The molecule has 0 aliphatic carbocycles. The molecule has 4 nitrogen and oxygen atoms in total. The molecule has 1 aliphatic rings. The molecule has 1 saturated heterocycles. The van der Waals surface area contributed by atoms with E-state index in [0.717, 1.165) is 17.8 Å². The van der Waals surface area contributed by atoms with E-state index in [1.807, 2.05) is 11.8 Å². The van der Waals surface area contributed by atoms with Gasteiger partial charge >= 0.3 is 0 Å². The monoisotopic (exact) mass is 265 g/mol. The fourth-order valence-corrected chi connectivity index (χ4v) is 2.28. The number of benzene rings is 1. The van der Waals surface area contributed by atoms with Gasteiger partial charge in [-0.05, 0) is 37.1 Å². The summed E-state index contributed by atoms with van der Waals surface area (Å²) < 4.78 is 13.7. The Morgan fingerprint density at radius 1 is 1.37 bits per heavy atom. The Bertz CT molecular complexity index is 502. The van der Waals surface area contributed by atoms with Crippen molar-refractivity contribution in [2.75, 3.05) is 31.6 Å². The first kappa shape index (κ1) is 13.8. The number of piperazine rings is 1. The third-order valence-electron chi connectivity index (χ3n) is 3.60. The number of anilines is 1. The molecule has 0 aromatic heterocycles. The van der Waals surface area contributed by atoms with Crippen LogP contribution in [0.3, 0.4) is 0 Å². The van der Waals surface area contributed by atoms with Gasteiger partial charge in [0, 0.05) is 31.9 Å². The second-order valence-electron chi connectivity index (χ2n) is 5.19. The van der Waals surface area contributed by atoms with E-state index in [0.29, 0.717) is 18.7 Å². The van der Waals surface area contributed by atoms with Gasteiger partial charge in [-0.3, -0.25) is 4.79 Å². The SMILES string of the molecule is Cc1cc(N2CCN(C)C(=O)C2)c([C@@H](C)N)cc1F. The van der Waals surface area contributed by atoms with Crippen LogP contribution < -0.4 is 10.6 Å². The van der Waals surface area contributed by atoms with E-state index in [1.54, 1.807) is 24.9 Å². The zero-order chi connectivity index (χ0) is 14.2. The molecule has 1 fully saturated rings. The fourth-order valence-electron chi connectivity index (χ4n) is 2.28. The predicted molar refractivity (Wildman–Crippen MR) is 73.6 cm³/mol. The first-order valence-corrected chi connectivity index (χ1v) is 6.44. The second-order valence-corrected chi connectivity index (χ2v) is 5.19. The molecule has 0 bridgehead atoms. The third kappa shape index (κ3) is 2.71. The van der Waals surface area contributed by atoms with Gasteiger partial charge in [-0.25, -0.2) is 4.39 Å². The summed E-state index contributed by atoms with van der Waals surface area (Å²) in [4.78, 5) is 15.5. The van der Waals surface area contributed by atoms with Gasteiger partial charge in [-0.1, -0.05) is 0 Å². The van der Waals surface area contributed by atoms with E-state index >= 15 is 0 Å². The van der Waals surface area contributed by atoms with Gasteiger partial charge in [0.15, 0.2) is 0 Å². The van der Waals surface area contributed by atoms with Gasteiger partial charge in [0.05, 0.1) is 6.54 Å². The third-order valence-corrected chi connectivity index (χ3v) is 3.60. The molecule has 5 heteroatoms. The van der Waals surface area contributed by atoms with E-state index in [4.69, 9.17) is 5.73 Å². The van der Waals surface area contributed by atoms with Gasteiger partial charge in [-0.2, -0.15) is 0 Å². The predicted octanol–water partition coefficient (Wildman–Crippen LogP) is 1.43. The van der Waals surface area contributed by atoms with Crippen LogP contribution in [-0.4, -0.2) is 37.5 Å². The minimum Gasteiger partial charge on any atom is -0.360 e. The van der Waals surface area contributed by atoms with Gasteiger partial charge in [0.1, 0.15) is 5.82 Å². The van der Waals surface area contributed by atoms with Gasteiger partial charge < -0.3 is 15.5 Å². The number of rotatable bonds is 2. The lowest BCUT2D eigenvalue weighted by Gasteiger charge is -2.35. The lowest BCUT2D eigenvalue weighted by Crippen LogP contribution is -2.49. The number of likely N-dealkylation sites (N-methyl/N-ethyl adjacent to an activating group) is 1. The highest BCUT2D eigenvalue weighted by molar-refractivity contribution is 5.83.